The van der Waals surface area contributed by atoms with Crippen molar-refractivity contribution in [1.29, 1.82) is 0 Å². The Kier molecular flexibility index (Phi) is 6.39. The number of carboxylic acid groups (broad SMARTS) is 2. The van der Waals surface area contributed by atoms with Crippen molar-refractivity contribution in [3.63, 3.8) is 0 Å². The Morgan fingerprint density at radius 2 is 2.00 bits per heavy atom. The molecule has 7 nitrogen and oxygen atoms in total. The summed E-state index contributed by atoms with van der Waals surface area (Å²) in [5, 5.41) is 29.0. The number of likely N-dealkylation sites (N-methyl/N-ethyl adjacent to an activating group) is 1. The Hall–Kier alpha value is -1.96. The Morgan fingerprint density at radius 3 is 2.58 bits per heavy atom. The standard InChI is InChI=1S/C18H22ClNO6/c1-20(13(17(25)26)8-9-15(22)23)18(10-4-7-14(21)16(18)24)11-5-2-3-6-12(11)19/h2-3,5-6,13-14,21H,4,7-10H2,1H3,(H,22,23)(H,25,26)/t13-,14+,18+/m0/s1. The summed E-state index contributed by atoms with van der Waals surface area (Å²) in [5.41, 5.74) is -0.994. The molecule has 0 unspecified atom stereocenters. The fourth-order valence-corrected chi connectivity index (χ4v) is 3.99. The molecule has 1 aliphatic rings. The Labute approximate surface area is 156 Å². The number of nitrogens with zero attached hydrogens (tertiary/aromatic N) is 1. The molecule has 2 rings (SSSR count). The molecular weight excluding hydrogens is 362 g/mol. The van der Waals surface area contributed by atoms with E-state index in [1.54, 1.807) is 24.3 Å². The minimum atomic E-state index is -1.42. The molecule has 1 aromatic carbocycles. The smallest absolute Gasteiger partial charge is 0.320 e. The lowest BCUT2D eigenvalue weighted by Crippen LogP contribution is -2.60. The molecule has 0 radical (unpaired) electrons. The molecule has 0 aliphatic heterocycles. The van der Waals surface area contributed by atoms with Crippen LogP contribution in [0.2, 0.25) is 5.02 Å². The molecule has 0 bridgehead atoms. The molecule has 3 N–H and O–H groups in total. The largest absolute Gasteiger partial charge is 0.481 e. The van der Waals surface area contributed by atoms with Crippen LogP contribution in [-0.2, 0) is 19.9 Å². The van der Waals surface area contributed by atoms with E-state index >= 15 is 0 Å². The summed E-state index contributed by atoms with van der Waals surface area (Å²) in [6, 6.07) is 5.43. The molecule has 142 valence electrons. The number of aliphatic carboxylic acids is 2. The highest BCUT2D eigenvalue weighted by Gasteiger charge is 2.52. The van der Waals surface area contributed by atoms with Gasteiger partial charge in [0.2, 0.25) is 0 Å². The van der Waals surface area contributed by atoms with Crippen LogP contribution in [-0.4, -0.2) is 57.1 Å². The zero-order valence-electron chi connectivity index (χ0n) is 14.4. The number of aliphatic hydroxyl groups is 1. The van der Waals surface area contributed by atoms with Gasteiger partial charge in [-0.05, 0) is 44.4 Å². The first kappa shape index (κ1) is 20.4. The zero-order chi connectivity index (χ0) is 19.5. The van der Waals surface area contributed by atoms with Gasteiger partial charge in [0, 0.05) is 11.4 Å². The second-order valence-corrected chi connectivity index (χ2v) is 6.92. The van der Waals surface area contributed by atoms with Gasteiger partial charge in [-0.3, -0.25) is 19.3 Å². The average molecular weight is 384 g/mol. The maximum atomic E-state index is 13.0. The van der Waals surface area contributed by atoms with Gasteiger partial charge in [0.05, 0.1) is 0 Å². The number of carbonyl (C=O) groups excluding carboxylic acids is 1. The number of halogens is 1. The first-order chi connectivity index (χ1) is 12.2. The SMILES string of the molecule is CN([C@@H](CCC(=O)O)C(=O)O)[C@@]1(c2ccccc2Cl)CCC[C@@H](O)C1=O. The number of rotatable bonds is 7. The molecule has 1 aliphatic carbocycles. The topological polar surface area (TPSA) is 115 Å². The van der Waals surface area contributed by atoms with E-state index in [-0.39, 0.29) is 12.8 Å². The normalized spacial score (nSPS) is 24.5. The van der Waals surface area contributed by atoms with Crippen LogP contribution in [0.3, 0.4) is 0 Å². The van der Waals surface area contributed by atoms with E-state index in [9.17, 15) is 24.6 Å². The van der Waals surface area contributed by atoms with Crippen LogP contribution >= 0.6 is 11.6 Å². The molecule has 1 saturated carbocycles. The molecule has 0 aromatic heterocycles. The van der Waals surface area contributed by atoms with Gasteiger partial charge in [-0.15, -0.1) is 0 Å². The molecule has 3 atom stereocenters. The minimum absolute atomic E-state index is 0.170. The van der Waals surface area contributed by atoms with Crippen LogP contribution < -0.4 is 0 Å². The molecule has 0 spiro atoms. The molecule has 0 saturated heterocycles. The van der Waals surface area contributed by atoms with E-state index in [1.165, 1.54) is 11.9 Å². The van der Waals surface area contributed by atoms with Crippen LogP contribution in [0.25, 0.3) is 0 Å². The summed E-state index contributed by atoms with van der Waals surface area (Å²) < 4.78 is 0. The summed E-state index contributed by atoms with van der Waals surface area (Å²) in [6.07, 6.45) is -0.649. The number of aliphatic hydroxyl groups excluding tert-OH is 1. The van der Waals surface area contributed by atoms with E-state index in [2.05, 4.69) is 0 Å². The van der Waals surface area contributed by atoms with Gasteiger partial charge in [0.1, 0.15) is 17.7 Å². The molecule has 0 heterocycles. The van der Waals surface area contributed by atoms with Crippen LogP contribution in [0.15, 0.2) is 24.3 Å². The summed E-state index contributed by atoms with van der Waals surface area (Å²) in [5.74, 6) is -2.86. The van der Waals surface area contributed by atoms with E-state index in [1.807, 2.05) is 0 Å². The van der Waals surface area contributed by atoms with E-state index in [0.717, 1.165) is 0 Å². The second kappa shape index (κ2) is 8.16. The third-order valence-corrected chi connectivity index (χ3v) is 5.36. The number of Topliss-reactive ketones (excluding diaryl/α,β-unsaturated/α-hetero) is 1. The van der Waals surface area contributed by atoms with Crippen LogP contribution in [0.4, 0.5) is 0 Å². The lowest BCUT2D eigenvalue weighted by molar-refractivity contribution is -0.155. The molecule has 1 fully saturated rings. The van der Waals surface area contributed by atoms with Crippen molar-refractivity contribution in [3.8, 4) is 0 Å². The third-order valence-electron chi connectivity index (χ3n) is 5.03. The monoisotopic (exact) mass is 383 g/mol. The molecule has 1 aromatic rings. The predicted octanol–water partition coefficient (Wildman–Crippen LogP) is 1.90. The van der Waals surface area contributed by atoms with Crippen molar-refractivity contribution in [2.45, 2.75) is 49.8 Å². The van der Waals surface area contributed by atoms with Gasteiger partial charge >= 0.3 is 11.9 Å². The highest BCUT2D eigenvalue weighted by Crippen LogP contribution is 2.43. The van der Waals surface area contributed by atoms with Crippen molar-refractivity contribution in [3.05, 3.63) is 34.9 Å². The van der Waals surface area contributed by atoms with Gasteiger partial charge < -0.3 is 15.3 Å². The lowest BCUT2D eigenvalue weighted by atomic mass is 9.72. The van der Waals surface area contributed by atoms with Gasteiger partial charge in [0.15, 0.2) is 5.78 Å². The number of hydrogen-bond acceptors (Lipinski definition) is 5. The van der Waals surface area contributed by atoms with Gasteiger partial charge in [-0.25, -0.2) is 0 Å². The lowest BCUT2D eigenvalue weighted by Gasteiger charge is -2.47. The second-order valence-electron chi connectivity index (χ2n) is 6.51. The van der Waals surface area contributed by atoms with Gasteiger partial charge in [0.25, 0.3) is 0 Å². The summed E-state index contributed by atoms with van der Waals surface area (Å²) >= 11 is 6.31. The fraction of sp³-hybridized carbons (Fsp3) is 0.500. The maximum Gasteiger partial charge on any atom is 0.320 e. The predicted molar refractivity (Wildman–Crippen MR) is 94.1 cm³/mol. The Balaban J connectivity index is 2.56. The van der Waals surface area contributed by atoms with Gasteiger partial charge in [-0.1, -0.05) is 29.8 Å². The minimum Gasteiger partial charge on any atom is -0.481 e. The first-order valence-corrected chi connectivity index (χ1v) is 8.74. The molecule has 8 heteroatoms. The van der Waals surface area contributed by atoms with Crippen molar-refractivity contribution < 1.29 is 29.7 Å². The third kappa shape index (κ3) is 3.75. The highest BCUT2D eigenvalue weighted by atomic mass is 35.5. The van der Waals surface area contributed by atoms with Crippen molar-refractivity contribution in [1.82, 2.24) is 4.90 Å². The first-order valence-electron chi connectivity index (χ1n) is 8.36. The van der Waals surface area contributed by atoms with Crippen LogP contribution in [0.5, 0.6) is 0 Å². The Bertz CT molecular complexity index is 709. The quantitative estimate of drug-likeness (QED) is 0.658. The number of hydrogen-bond donors (Lipinski definition) is 3. The number of carbonyl (C=O) groups is 3. The fourth-order valence-electron chi connectivity index (χ4n) is 3.69. The van der Waals surface area contributed by atoms with Crippen LogP contribution in [0.1, 0.15) is 37.7 Å². The summed E-state index contributed by atoms with van der Waals surface area (Å²) in [6.45, 7) is 0. The van der Waals surface area contributed by atoms with E-state index < -0.39 is 35.4 Å². The number of benzene rings is 1. The van der Waals surface area contributed by atoms with Gasteiger partial charge in [-0.2, -0.15) is 0 Å². The zero-order valence-corrected chi connectivity index (χ0v) is 15.1. The Morgan fingerprint density at radius 1 is 1.35 bits per heavy atom. The van der Waals surface area contributed by atoms with E-state index in [4.69, 9.17) is 16.7 Å². The molecule has 26 heavy (non-hydrogen) atoms. The average Bonchev–Trinajstić information content (AvgIpc) is 2.57. The van der Waals surface area contributed by atoms with Crippen LogP contribution in [0, 0.1) is 0 Å². The summed E-state index contributed by atoms with van der Waals surface area (Å²) in [7, 11) is 1.47. The number of ketones is 1. The van der Waals surface area contributed by atoms with Crippen molar-refractivity contribution >= 4 is 29.3 Å². The maximum absolute atomic E-state index is 13.0. The summed E-state index contributed by atoms with van der Waals surface area (Å²) in [4.78, 5) is 37.1. The molecule has 0 amide bonds. The van der Waals surface area contributed by atoms with E-state index in [0.29, 0.717) is 29.8 Å². The number of carboxylic acids is 2. The highest BCUT2D eigenvalue weighted by molar-refractivity contribution is 6.31. The molecular formula is C18H22ClNO6. The van der Waals surface area contributed by atoms with Crippen molar-refractivity contribution in [2.24, 2.45) is 0 Å². The van der Waals surface area contributed by atoms with Crippen molar-refractivity contribution in [2.75, 3.05) is 7.05 Å².